The van der Waals surface area contributed by atoms with E-state index in [1.165, 1.54) is 18.3 Å². The Hall–Kier alpha value is -3.86. The van der Waals surface area contributed by atoms with Crippen LogP contribution in [0.5, 0.6) is 0 Å². The van der Waals surface area contributed by atoms with Crippen molar-refractivity contribution in [1.29, 1.82) is 0 Å². The molecule has 0 aliphatic carbocycles. The lowest BCUT2D eigenvalue weighted by molar-refractivity contribution is -0.137. The van der Waals surface area contributed by atoms with Gasteiger partial charge in [-0.15, -0.1) is 0 Å². The number of hydrogen-bond donors (Lipinski definition) is 3. The van der Waals surface area contributed by atoms with E-state index in [1.54, 1.807) is 18.2 Å². The van der Waals surface area contributed by atoms with E-state index in [0.29, 0.717) is 23.1 Å². The molecular formula is C24H25F4N7. The summed E-state index contributed by atoms with van der Waals surface area (Å²) in [6.45, 7) is 1.60. The van der Waals surface area contributed by atoms with Crippen LogP contribution in [0, 0.1) is 5.82 Å². The smallest absolute Gasteiger partial charge is 0.397 e. The third-order valence-corrected chi connectivity index (χ3v) is 5.58. The van der Waals surface area contributed by atoms with Crippen molar-refractivity contribution in [3.8, 4) is 11.3 Å². The number of nitrogens with two attached hydrogens (primary N) is 1. The number of hydrogen-bond acceptors (Lipinski definition) is 6. The van der Waals surface area contributed by atoms with Gasteiger partial charge in [-0.25, -0.2) is 14.4 Å². The topological polar surface area (TPSA) is 86.1 Å². The molecule has 4 N–H and O–H groups in total. The summed E-state index contributed by atoms with van der Waals surface area (Å²) < 4.78 is 55.8. The Bertz CT molecular complexity index is 1350. The number of aromatic amines is 1. The SMILES string of the molecule is CN(C)CCN(C)c1ccc(Nc2ncc(C(F)(F)F)c(-c3c[nH]c4cccc(F)c34)n2)cc1N. The van der Waals surface area contributed by atoms with Crippen LogP contribution in [0.25, 0.3) is 22.2 Å². The number of aromatic nitrogens is 3. The molecule has 0 bridgehead atoms. The van der Waals surface area contributed by atoms with E-state index in [1.807, 2.05) is 32.1 Å². The van der Waals surface area contributed by atoms with E-state index < -0.39 is 23.3 Å². The maximum absolute atomic E-state index is 14.5. The minimum atomic E-state index is -4.73. The maximum Gasteiger partial charge on any atom is 0.419 e. The molecule has 2 heterocycles. The monoisotopic (exact) mass is 487 g/mol. The van der Waals surface area contributed by atoms with Crippen LogP contribution in [-0.2, 0) is 6.18 Å². The van der Waals surface area contributed by atoms with Gasteiger partial charge in [0, 0.05) is 54.7 Å². The van der Waals surface area contributed by atoms with Crippen molar-refractivity contribution in [2.24, 2.45) is 0 Å². The van der Waals surface area contributed by atoms with Crippen LogP contribution in [0.4, 0.5) is 40.6 Å². The zero-order valence-corrected chi connectivity index (χ0v) is 19.4. The minimum Gasteiger partial charge on any atom is -0.397 e. The number of H-pyrrole nitrogens is 1. The number of alkyl halides is 3. The van der Waals surface area contributed by atoms with Gasteiger partial charge < -0.3 is 25.8 Å². The molecule has 0 amide bonds. The second-order valence-electron chi connectivity index (χ2n) is 8.44. The van der Waals surface area contributed by atoms with Crippen LogP contribution in [-0.4, -0.2) is 54.1 Å². The van der Waals surface area contributed by atoms with Gasteiger partial charge >= 0.3 is 6.18 Å². The molecule has 0 spiro atoms. The number of rotatable bonds is 7. The van der Waals surface area contributed by atoms with Crippen molar-refractivity contribution in [2.75, 3.05) is 50.2 Å². The first-order valence-corrected chi connectivity index (χ1v) is 10.8. The van der Waals surface area contributed by atoms with Crippen LogP contribution < -0.4 is 16.0 Å². The Morgan fingerprint density at radius 3 is 2.54 bits per heavy atom. The average Bonchev–Trinajstić information content (AvgIpc) is 3.22. The molecule has 0 saturated carbocycles. The second-order valence-corrected chi connectivity index (χ2v) is 8.44. The third kappa shape index (κ3) is 5.14. The van der Waals surface area contributed by atoms with Gasteiger partial charge in [-0.05, 0) is 44.4 Å². The van der Waals surface area contributed by atoms with Crippen molar-refractivity contribution >= 4 is 33.9 Å². The summed E-state index contributed by atoms with van der Waals surface area (Å²) in [4.78, 5) is 14.8. The predicted octanol–water partition coefficient (Wildman–Crippen LogP) is 5.11. The zero-order chi connectivity index (χ0) is 25.3. The molecule has 4 aromatic rings. The average molecular weight is 488 g/mol. The van der Waals surface area contributed by atoms with Gasteiger partial charge in [0.05, 0.1) is 17.1 Å². The van der Waals surface area contributed by atoms with E-state index >= 15 is 0 Å². The number of nitrogens with one attached hydrogen (secondary N) is 2. The Balaban J connectivity index is 1.69. The summed E-state index contributed by atoms with van der Waals surface area (Å²) in [6, 6.07) is 9.45. The van der Waals surface area contributed by atoms with E-state index in [0.717, 1.165) is 18.8 Å². The number of anilines is 4. The molecule has 0 saturated heterocycles. The van der Waals surface area contributed by atoms with Gasteiger partial charge in [0.1, 0.15) is 11.4 Å². The summed E-state index contributed by atoms with van der Waals surface area (Å²) in [5, 5.41) is 2.93. The van der Waals surface area contributed by atoms with E-state index in [4.69, 9.17) is 5.73 Å². The van der Waals surface area contributed by atoms with Crippen LogP contribution in [0.3, 0.4) is 0 Å². The highest BCUT2D eigenvalue weighted by molar-refractivity contribution is 5.96. The Labute approximate surface area is 199 Å². The number of nitrogen functional groups attached to an aromatic ring is 1. The molecule has 184 valence electrons. The molecule has 2 aromatic carbocycles. The minimum absolute atomic E-state index is 0.00625. The molecule has 0 atom stereocenters. The van der Waals surface area contributed by atoms with Crippen LogP contribution >= 0.6 is 0 Å². The molecule has 0 aliphatic rings. The predicted molar refractivity (Wildman–Crippen MR) is 130 cm³/mol. The highest BCUT2D eigenvalue weighted by Crippen LogP contribution is 2.39. The van der Waals surface area contributed by atoms with Crippen LogP contribution in [0.15, 0.2) is 48.8 Å². The highest BCUT2D eigenvalue weighted by atomic mass is 19.4. The maximum atomic E-state index is 14.5. The number of fused-ring (bicyclic) bond motifs is 1. The Morgan fingerprint density at radius 1 is 1.09 bits per heavy atom. The quantitative estimate of drug-likeness (QED) is 0.248. The van der Waals surface area contributed by atoms with Crippen LogP contribution in [0.1, 0.15) is 5.56 Å². The molecule has 0 fully saturated rings. The van der Waals surface area contributed by atoms with E-state index in [2.05, 4.69) is 25.2 Å². The molecule has 0 unspecified atom stereocenters. The molecule has 0 aliphatic heterocycles. The molecule has 11 heteroatoms. The van der Waals surface area contributed by atoms with Gasteiger partial charge in [0.2, 0.25) is 5.95 Å². The van der Waals surface area contributed by atoms with Crippen molar-refractivity contribution < 1.29 is 17.6 Å². The molecule has 35 heavy (non-hydrogen) atoms. The molecule has 7 nitrogen and oxygen atoms in total. The first kappa shape index (κ1) is 24.3. The normalized spacial score (nSPS) is 11.9. The molecule has 0 radical (unpaired) electrons. The molecule has 4 rings (SSSR count). The van der Waals surface area contributed by atoms with Crippen molar-refractivity contribution in [3.05, 3.63) is 60.2 Å². The first-order valence-electron chi connectivity index (χ1n) is 10.8. The lowest BCUT2D eigenvalue weighted by Crippen LogP contribution is -2.28. The van der Waals surface area contributed by atoms with Gasteiger partial charge in [-0.3, -0.25) is 0 Å². The van der Waals surface area contributed by atoms with E-state index in [9.17, 15) is 17.6 Å². The Kier molecular flexibility index (Phi) is 6.53. The lowest BCUT2D eigenvalue weighted by Gasteiger charge is -2.23. The van der Waals surface area contributed by atoms with Gasteiger partial charge in [-0.1, -0.05) is 6.07 Å². The largest absolute Gasteiger partial charge is 0.419 e. The van der Waals surface area contributed by atoms with Gasteiger partial charge in [0.25, 0.3) is 0 Å². The zero-order valence-electron chi connectivity index (χ0n) is 19.4. The summed E-state index contributed by atoms with van der Waals surface area (Å²) >= 11 is 0. The Morgan fingerprint density at radius 2 is 1.86 bits per heavy atom. The van der Waals surface area contributed by atoms with Crippen LogP contribution in [0.2, 0.25) is 0 Å². The lowest BCUT2D eigenvalue weighted by atomic mass is 10.1. The van der Waals surface area contributed by atoms with E-state index in [-0.39, 0.29) is 16.9 Å². The standard InChI is InChI=1S/C24H25F4N7/c1-34(2)9-10-35(3)20-8-7-14(11-18(20)29)32-23-31-13-16(24(26,27)28)22(33-23)15-12-30-19-6-4-5-17(25)21(15)19/h4-8,11-13,30H,9-10,29H2,1-3H3,(H,31,32,33). The summed E-state index contributed by atoms with van der Waals surface area (Å²) in [5.41, 5.74) is 6.89. The van der Waals surface area contributed by atoms with Crippen molar-refractivity contribution in [1.82, 2.24) is 19.9 Å². The number of nitrogens with zero attached hydrogens (tertiary/aromatic N) is 4. The highest BCUT2D eigenvalue weighted by Gasteiger charge is 2.36. The first-order chi connectivity index (χ1) is 16.5. The van der Waals surface area contributed by atoms with Crippen molar-refractivity contribution in [3.63, 3.8) is 0 Å². The molecular weight excluding hydrogens is 462 g/mol. The summed E-state index contributed by atoms with van der Waals surface area (Å²) in [7, 11) is 5.88. The van der Waals surface area contributed by atoms with Gasteiger partial charge in [0.15, 0.2) is 0 Å². The fourth-order valence-electron chi connectivity index (χ4n) is 3.76. The number of benzene rings is 2. The fraction of sp³-hybridized carbons (Fsp3) is 0.250. The number of likely N-dealkylation sites (N-methyl/N-ethyl adjacent to an activating group) is 2. The fourth-order valence-corrected chi connectivity index (χ4v) is 3.76. The van der Waals surface area contributed by atoms with Crippen molar-refractivity contribution in [2.45, 2.75) is 6.18 Å². The molecule has 2 aromatic heterocycles. The summed E-state index contributed by atoms with van der Waals surface area (Å²) in [5.74, 6) is -0.728. The second kappa shape index (κ2) is 9.41. The number of halogens is 4. The third-order valence-electron chi connectivity index (χ3n) is 5.58. The van der Waals surface area contributed by atoms with Gasteiger partial charge in [-0.2, -0.15) is 13.2 Å². The summed E-state index contributed by atoms with van der Waals surface area (Å²) in [6.07, 6.45) is -2.73.